The zero-order valence-electron chi connectivity index (χ0n) is 24.0. The topological polar surface area (TPSA) is 110 Å². The molecule has 1 fully saturated rings. The van der Waals surface area contributed by atoms with Gasteiger partial charge in [0.15, 0.2) is 0 Å². The van der Waals surface area contributed by atoms with Crippen molar-refractivity contribution in [2.75, 3.05) is 45.6 Å². The maximum Gasteiger partial charge on any atom is 0.233 e. The molecule has 4 aromatic rings. The molecule has 9 heteroatoms. The molecule has 0 aliphatic carbocycles. The molecular weight excluding hydrogens is 512 g/mol. The lowest BCUT2D eigenvalue weighted by Gasteiger charge is -2.21. The highest BCUT2D eigenvalue weighted by Crippen LogP contribution is 2.32. The van der Waals surface area contributed by atoms with Crippen molar-refractivity contribution in [1.82, 2.24) is 30.5 Å². The standard InChI is InChI=1S/C32H40N8O/c1-33-21-32(41)35-15-5-4-8-31-37-20-30(39-31)23-10-13-26-22(17-23)9-12-27(38-26)24-11-14-28(34-2)29(18-24)36-19-25-7-6-16-40(25)3/h9-14,17-18,20,25,33,36H,2,4-8,15-16,19,21H2,1,3H3,(H,35,41)(H,37,39). The summed E-state index contributed by atoms with van der Waals surface area (Å²) in [4.78, 5) is 31.2. The van der Waals surface area contributed by atoms with Gasteiger partial charge in [0.25, 0.3) is 0 Å². The summed E-state index contributed by atoms with van der Waals surface area (Å²) in [6.45, 7) is 6.83. The van der Waals surface area contributed by atoms with Crippen LogP contribution in [-0.2, 0) is 11.2 Å². The quantitative estimate of drug-likeness (QED) is 0.140. The number of aromatic amines is 1. The SMILES string of the molecule is C=Nc1ccc(-c2ccc3cc(-c4cnc(CCCCNC(=O)CNC)[nH]4)ccc3n2)cc1NCC1CCCN1C. The van der Waals surface area contributed by atoms with E-state index >= 15 is 0 Å². The van der Waals surface area contributed by atoms with Crippen molar-refractivity contribution >= 4 is 34.9 Å². The third kappa shape index (κ3) is 7.17. The largest absolute Gasteiger partial charge is 0.382 e. The number of amides is 1. The van der Waals surface area contributed by atoms with Gasteiger partial charge < -0.3 is 25.8 Å². The predicted octanol–water partition coefficient (Wildman–Crippen LogP) is 4.79. The van der Waals surface area contributed by atoms with E-state index in [0.717, 1.165) is 83.0 Å². The molecule has 0 bridgehead atoms. The summed E-state index contributed by atoms with van der Waals surface area (Å²) in [6.07, 6.45) is 7.06. The lowest BCUT2D eigenvalue weighted by Crippen LogP contribution is -2.32. The van der Waals surface area contributed by atoms with Crippen molar-refractivity contribution in [1.29, 1.82) is 0 Å². The van der Waals surface area contributed by atoms with Crippen LogP contribution in [0, 0.1) is 0 Å². The normalized spacial score (nSPS) is 15.3. The summed E-state index contributed by atoms with van der Waals surface area (Å²) in [6, 6.07) is 17.2. The summed E-state index contributed by atoms with van der Waals surface area (Å²) in [5.74, 6) is 0.981. The number of imidazole rings is 1. The fourth-order valence-electron chi connectivity index (χ4n) is 5.40. The summed E-state index contributed by atoms with van der Waals surface area (Å²) in [5.41, 5.74) is 6.83. The molecule has 1 atom stereocenters. The zero-order valence-corrected chi connectivity index (χ0v) is 24.0. The molecule has 214 valence electrons. The van der Waals surface area contributed by atoms with Gasteiger partial charge in [0.2, 0.25) is 5.91 Å². The summed E-state index contributed by atoms with van der Waals surface area (Å²) in [5, 5.41) is 10.4. The maximum atomic E-state index is 11.5. The van der Waals surface area contributed by atoms with E-state index in [-0.39, 0.29) is 5.91 Å². The maximum absolute atomic E-state index is 11.5. The predicted molar refractivity (Wildman–Crippen MR) is 168 cm³/mol. The minimum atomic E-state index is 0.0260. The number of nitrogens with one attached hydrogen (secondary N) is 4. The first-order chi connectivity index (χ1) is 20.0. The van der Waals surface area contributed by atoms with Gasteiger partial charge in [-0.15, -0.1) is 0 Å². The van der Waals surface area contributed by atoms with E-state index in [2.05, 4.69) is 92.0 Å². The molecule has 1 unspecified atom stereocenters. The van der Waals surface area contributed by atoms with E-state index in [1.807, 2.05) is 12.3 Å². The van der Waals surface area contributed by atoms with Crippen LogP contribution >= 0.6 is 0 Å². The lowest BCUT2D eigenvalue weighted by atomic mass is 10.1. The Hall–Kier alpha value is -4.08. The molecule has 9 nitrogen and oxygen atoms in total. The second kappa shape index (κ2) is 13.5. The number of aliphatic imine (C=N–C) groups is 1. The molecule has 3 heterocycles. The Bertz CT molecular complexity index is 1500. The van der Waals surface area contributed by atoms with Crippen LogP contribution < -0.4 is 16.0 Å². The molecule has 1 aliphatic heterocycles. The van der Waals surface area contributed by atoms with Crippen molar-refractivity contribution < 1.29 is 4.79 Å². The molecule has 5 rings (SSSR count). The molecule has 2 aromatic carbocycles. The number of pyridine rings is 1. The van der Waals surface area contributed by atoms with Crippen molar-refractivity contribution in [3.8, 4) is 22.5 Å². The van der Waals surface area contributed by atoms with E-state index in [1.54, 1.807) is 7.05 Å². The number of hydrogen-bond acceptors (Lipinski definition) is 7. The number of aryl methyl sites for hydroxylation is 1. The second-order valence-electron chi connectivity index (χ2n) is 10.7. The Morgan fingerprint density at radius 2 is 2.02 bits per heavy atom. The number of unbranched alkanes of at least 4 members (excludes halogenated alkanes) is 1. The number of nitrogens with zero attached hydrogens (tertiary/aromatic N) is 4. The minimum Gasteiger partial charge on any atom is -0.382 e. The smallest absolute Gasteiger partial charge is 0.233 e. The fraction of sp³-hybridized carbons (Fsp3) is 0.375. The number of likely N-dealkylation sites (tertiary alicyclic amines) is 1. The van der Waals surface area contributed by atoms with E-state index in [4.69, 9.17) is 4.98 Å². The molecule has 41 heavy (non-hydrogen) atoms. The number of carbonyl (C=O) groups excluding carboxylic acids is 1. The second-order valence-corrected chi connectivity index (χ2v) is 10.7. The Balaban J connectivity index is 1.24. The van der Waals surface area contributed by atoms with Crippen LogP contribution in [0.25, 0.3) is 33.4 Å². The first-order valence-corrected chi connectivity index (χ1v) is 14.5. The molecule has 1 aliphatic rings. The average Bonchev–Trinajstić information content (AvgIpc) is 3.64. The van der Waals surface area contributed by atoms with Gasteiger partial charge in [0, 0.05) is 42.1 Å². The highest BCUT2D eigenvalue weighted by atomic mass is 16.1. The van der Waals surface area contributed by atoms with Crippen LogP contribution in [0.15, 0.2) is 59.7 Å². The van der Waals surface area contributed by atoms with Crippen LogP contribution in [0.5, 0.6) is 0 Å². The van der Waals surface area contributed by atoms with Gasteiger partial charge in [-0.3, -0.25) is 9.79 Å². The van der Waals surface area contributed by atoms with Crippen molar-refractivity contribution in [3.63, 3.8) is 0 Å². The van der Waals surface area contributed by atoms with E-state index < -0.39 is 0 Å². The number of anilines is 1. The number of fused-ring (bicyclic) bond motifs is 1. The molecule has 1 saturated heterocycles. The molecular formula is C32H40N8O. The van der Waals surface area contributed by atoms with E-state index in [0.29, 0.717) is 19.1 Å². The molecule has 4 N–H and O–H groups in total. The Morgan fingerprint density at radius 3 is 2.83 bits per heavy atom. The van der Waals surface area contributed by atoms with Crippen LogP contribution in [0.2, 0.25) is 0 Å². The number of likely N-dealkylation sites (N-methyl/N-ethyl adjacent to an activating group) is 2. The number of carbonyl (C=O) groups is 1. The molecule has 1 amide bonds. The molecule has 2 aromatic heterocycles. The van der Waals surface area contributed by atoms with Gasteiger partial charge in [0.1, 0.15) is 5.82 Å². The van der Waals surface area contributed by atoms with E-state index in [1.165, 1.54) is 12.8 Å². The van der Waals surface area contributed by atoms with Crippen LogP contribution in [0.1, 0.15) is 31.5 Å². The summed E-state index contributed by atoms with van der Waals surface area (Å²) >= 11 is 0. The molecule has 0 saturated carbocycles. The third-order valence-electron chi connectivity index (χ3n) is 7.79. The zero-order chi connectivity index (χ0) is 28.6. The van der Waals surface area contributed by atoms with E-state index in [9.17, 15) is 4.79 Å². The monoisotopic (exact) mass is 552 g/mol. The van der Waals surface area contributed by atoms with Gasteiger partial charge >= 0.3 is 0 Å². The van der Waals surface area contributed by atoms with Gasteiger partial charge in [-0.2, -0.15) is 0 Å². The number of rotatable bonds is 13. The Labute approximate surface area is 241 Å². The highest BCUT2D eigenvalue weighted by Gasteiger charge is 2.20. The van der Waals surface area contributed by atoms with Gasteiger partial charge in [-0.05, 0) is 83.4 Å². The number of aromatic nitrogens is 3. The first-order valence-electron chi connectivity index (χ1n) is 14.5. The highest BCUT2D eigenvalue weighted by molar-refractivity contribution is 5.86. The number of hydrogen-bond donors (Lipinski definition) is 4. The summed E-state index contributed by atoms with van der Waals surface area (Å²) in [7, 11) is 3.96. The average molecular weight is 553 g/mol. The van der Waals surface area contributed by atoms with Gasteiger partial charge in [-0.25, -0.2) is 9.97 Å². The summed E-state index contributed by atoms with van der Waals surface area (Å²) < 4.78 is 0. The van der Waals surface area contributed by atoms with Crippen molar-refractivity contribution in [2.45, 2.75) is 38.1 Å². The van der Waals surface area contributed by atoms with Gasteiger partial charge in [0.05, 0.1) is 41.0 Å². The fourth-order valence-corrected chi connectivity index (χ4v) is 5.40. The first kappa shape index (κ1) is 28.4. The van der Waals surface area contributed by atoms with Crippen LogP contribution in [-0.4, -0.2) is 78.8 Å². The minimum absolute atomic E-state index is 0.0260. The van der Waals surface area contributed by atoms with Gasteiger partial charge in [-0.1, -0.05) is 18.2 Å². The van der Waals surface area contributed by atoms with Crippen molar-refractivity contribution in [2.24, 2.45) is 4.99 Å². The van der Waals surface area contributed by atoms with Crippen LogP contribution in [0.4, 0.5) is 11.4 Å². The van der Waals surface area contributed by atoms with Crippen LogP contribution in [0.3, 0.4) is 0 Å². The lowest BCUT2D eigenvalue weighted by molar-refractivity contribution is -0.120. The number of H-pyrrole nitrogens is 1. The Kier molecular flexibility index (Phi) is 9.38. The molecule has 0 spiro atoms. The Morgan fingerprint density at radius 1 is 1.15 bits per heavy atom. The number of benzene rings is 2. The molecule has 0 radical (unpaired) electrons. The third-order valence-corrected chi connectivity index (χ3v) is 7.79. The van der Waals surface area contributed by atoms with Crippen molar-refractivity contribution in [3.05, 3.63) is 60.6 Å².